The van der Waals surface area contributed by atoms with Gasteiger partial charge in [0.15, 0.2) is 0 Å². The van der Waals surface area contributed by atoms with Crippen LogP contribution >= 0.6 is 0 Å². The molecule has 0 unspecified atom stereocenters. The SMILES string of the molecule is CCCn1c(COC(=O)c2occc2COc2ccccc2)nc2cc(S(=O)(=O)N(C)C)ccc21. The molecule has 0 atom stereocenters. The van der Waals surface area contributed by atoms with Gasteiger partial charge in [-0.3, -0.25) is 0 Å². The van der Waals surface area contributed by atoms with Crippen LogP contribution in [-0.2, 0) is 34.5 Å². The third kappa shape index (κ3) is 5.23. The Hall–Kier alpha value is -3.63. The molecule has 0 bridgehead atoms. The molecule has 0 saturated carbocycles. The average molecular weight is 498 g/mol. The number of benzene rings is 2. The molecule has 0 fully saturated rings. The maximum Gasteiger partial charge on any atom is 0.375 e. The van der Waals surface area contributed by atoms with Gasteiger partial charge in [-0.15, -0.1) is 0 Å². The number of ether oxygens (including phenoxy) is 2. The predicted molar refractivity (Wildman–Crippen MR) is 129 cm³/mol. The molecule has 0 N–H and O–H groups in total. The first-order valence-electron chi connectivity index (χ1n) is 11.1. The quantitative estimate of drug-likeness (QED) is 0.302. The summed E-state index contributed by atoms with van der Waals surface area (Å²) in [5, 5.41) is 0. The van der Waals surface area contributed by atoms with Crippen molar-refractivity contribution in [1.82, 2.24) is 13.9 Å². The van der Waals surface area contributed by atoms with E-state index in [1.807, 2.05) is 41.8 Å². The molecule has 184 valence electrons. The molecule has 0 aliphatic carbocycles. The highest BCUT2D eigenvalue weighted by atomic mass is 32.2. The lowest BCUT2D eigenvalue weighted by atomic mass is 10.2. The molecule has 2 aromatic carbocycles. The first-order chi connectivity index (χ1) is 16.8. The van der Waals surface area contributed by atoms with E-state index in [4.69, 9.17) is 13.9 Å². The summed E-state index contributed by atoms with van der Waals surface area (Å²) in [6.45, 7) is 2.72. The van der Waals surface area contributed by atoms with Gasteiger partial charge in [0.1, 0.15) is 24.8 Å². The van der Waals surface area contributed by atoms with Crippen molar-refractivity contribution in [3.05, 3.63) is 78.0 Å². The molecular weight excluding hydrogens is 470 g/mol. The third-order valence-corrected chi connectivity index (χ3v) is 7.24. The van der Waals surface area contributed by atoms with E-state index in [0.29, 0.717) is 29.2 Å². The number of rotatable bonds is 10. The van der Waals surface area contributed by atoms with E-state index < -0.39 is 16.0 Å². The Balaban J connectivity index is 1.52. The molecule has 0 aliphatic rings. The largest absolute Gasteiger partial charge is 0.489 e. The molecule has 0 radical (unpaired) electrons. The number of nitrogens with zero attached hydrogens (tertiary/aromatic N) is 3. The van der Waals surface area contributed by atoms with E-state index in [9.17, 15) is 13.2 Å². The van der Waals surface area contributed by atoms with Gasteiger partial charge >= 0.3 is 5.97 Å². The number of imidazole rings is 1. The van der Waals surface area contributed by atoms with Crippen molar-refractivity contribution < 1.29 is 27.1 Å². The van der Waals surface area contributed by atoms with Crippen LogP contribution in [0.15, 0.2) is 70.2 Å². The van der Waals surface area contributed by atoms with Crippen molar-refractivity contribution in [2.24, 2.45) is 0 Å². The second-order valence-corrected chi connectivity index (χ2v) is 10.2. The molecule has 0 aliphatic heterocycles. The van der Waals surface area contributed by atoms with Crippen LogP contribution < -0.4 is 4.74 Å². The highest BCUT2D eigenvalue weighted by molar-refractivity contribution is 7.89. The van der Waals surface area contributed by atoms with Crippen molar-refractivity contribution in [1.29, 1.82) is 0 Å². The van der Waals surface area contributed by atoms with Gasteiger partial charge in [0, 0.05) is 26.2 Å². The van der Waals surface area contributed by atoms with E-state index in [2.05, 4.69) is 4.98 Å². The van der Waals surface area contributed by atoms with Gasteiger partial charge in [-0.05, 0) is 42.8 Å². The zero-order valence-electron chi connectivity index (χ0n) is 19.8. The Kier molecular flexibility index (Phi) is 7.23. The molecule has 0 spiro atoms. The van der Waals surface area contributed by atoms with Gasteiger partial charge in [0.25, 0.3) is 0 Å². The van der Waals surface area contributed by atoms with E-state index in [1.54, 1.807) is 18.2 Å². The monoisotopic (exact) mass is 497 g/mol. The number of aromatic nitrogens is 2. The van der Waals surface area contributed by atoms with Gasteiger partial charge in [0.2, 0.25) is 15.8 Å². The summed E-state index contributed by atoms with van der Waals surface area (Å²) >= 11 is 0. The molecule has 9 nitrogen and oxygen atoms in total. The van der Waals surface area contributed by atoms with Crippen molar-refractivity contribution >= 4 is 27.0 Å². The smallest absolute Gasteiger partial charge is 0.375 e. The molecule has 10 heteroatoms. The number of para-hydroxylation sites is 1. The number of carbonyl (C=O) groups is 1. The van der Waals surface area contributed by atoms with Crippen LogP contribution in [0.1, 0.15) is 35.3 Å². The van der Waals surface area contributed by atoms with Crippen LogP contribution in [0.2, 0.25) is 0 Å². The number of sulfonamides is 1. The zero-order valence-corrected chi connectivity index (χ0v) is 20.6. The maximum atomic E-state index is 12.8. The average Bonchev–Trinajstić information content (AvgIpc) is 3.46. The van der Waals surface area contributed by atoms with Crippen LogP contribution in [-0.4, -0.2) is 42.3 Å². The molecule has 4 rings (SSSR count). The van der Waals surface area contributed by atoms with Crippen LogP contribution in [0.4, 0.5) is 0 Å². The number of furan rings is 1. The standard InChI is InChI=1S/C25H27N3O6S/c1-4-13-28-22-11-10-20(35(30,31)27(2)3)15-21(22)26-23(28)17-34-25(29)24-18(12-14-32-24)16-33-19-8-6-5-7-9-19/h5-12,14-15H,4,13,16-17H2,1-3H3. The van der Waals surface area contributed by atoms with Crippen molar-refractivity contribution in [3.8, 4) is 5.75 Å². The topological polar surface area (TPSA) is 104 Å². The summed E-state index contributed by atoms with van der Waals surface area (Å²) in [5.74, 6) is 0.631. The molecule has 35 heavy (non-hydrogen) atoms. The fraction of sp³-hybridized carbons (Fsp3) is 0.280. The molecular formula is C25H27N3O6S. The molecule has 2 heterocycles. The Morgan fingerprint density at radius 2 is 1.86 bits per heavy atom. The van der Waals surface area contributed by atoms with Gasteiger partial charge in [-0.25, -0.2) is 22.5 Å². The van der Waals surface area contributed by atoms with Gasteiger partial charge in [0.05, 0.1) is 22.2 Å². The summed E-state index contributed by atoms with van der Waals surface area (Å²) < 4.78 is 44.7. The lowest BCUT2D eigenvalue weighted by Crippen LogP contribution is -2.22. The fourth-order valence-electron chi connectivity index (χ4n) is 3.62. The first kappa shape index (κ1) is 24.5. The summed E-state index contributed by atoms with van der Waals surface area (Å²) in [4.78, 5) is 17.5. The van der Waals surface area contributed by atoms with E-state index in [-0.39, 0.29) is 23.9 Å². The van der Waals surface area contributed by atoms with Crippen molar-refractivity contribution in [2.75, 3.05) is 14.1 Å². The van der Waals surface area contributed by atoms with Gasteiger partial charge in [-0.1, -0.05) is 25.1 Å². The summed E-state index contributed by atoms with van der Waals surface area (Å²) in [5.41, 5.74) is 1.85. The molecule has 4 aromatic rings. The number of aryl methyl sites for hydroxylation is 1. The Morgan fingerprint density at radius 3 is 2.57 bits per heavy atom. The van der Waals surface area contributed by atoms with Crippen LogP contribution in [0.25, 0.3) is 11.0 Å². The highest BCUT2D eigenvalue weighted by Gasteiger charge is 2.22. The number of fused-ring (bicyclic) bond motifs is 1. The Morgan fingerprint density at radius 1 is 1.09 bits per heavy atom. The lowest BCUT2D eigenvalue weighted by Gasteiger charge is -2.11. The van der Waals surface area contributed by atoms with E-state index in [1.165, 1.54) is 26.4 Å². The summed E-state index contributed by atoms with van der Waals surface area (Å²) in [7, 11) is -0.635. The van der Waals surface area contributed by atoms with Gasteiger partial charge < -0.3 is 18.5 Å². The number of hydrogen-bond donors (Lipinski definition) is 0. The minimum atomic E-state index is -3.60. The van der Waals surface area contributed by atoms with Gasteiger partial charge in [-0.2, -0.15) is 0 Å². The first-order valence-corrected chi connectivity index (χ1v) is 12.6. The lowest BCUT2D eigenvalue weighted by molar-refractivity contribution is 0.0418. The summed E-state index contributed by atoms with van der Waals surface area (Å²) in [6.07, 6.45) is 2.24. The van der Waals surface area contributed by atoms with Crippen molar-refractivity contribution in [2.45, 2.75) is 38.0 Å². The Labute approximate surface area is 203 Å². The van der Waals surface area contributed by atoms with Crippen LogP contribution in [0.5, 0.6) is 5.75 Å². The number of esters is 1. The Bertz CT molecular complexity index is 1420. The second-order valence-electron chi connectivity index (χ2n) is 8.07. The second kappa shape index (κ2) is 10.3. The molecule has 0 amide bonds. The normalized spacial score (nSPS) is 11.8. The maximum absolute atomic E-state index is 12.8. The van der Waals surface area contributed by atoms with Crippen LogP contribution in [0, 0.1) is 0 Å². The minimum Gasteiger partial charge on any atom is -0.489 e. The highest BCUT2D eigenvalue weighted by Crippen LogP contribution is 2.24. The van der Waals surface area contributed by atoms with Crippen molar-refractivity contribution in [3.63, 3.8) is 0 Å². The number of carbonyl (C=O) groups excluding carboxylic acids is 1. The molecule has 0 saturated heterocycles. The van der Waals surface area contributed by atoms with E-state index in [0.717, 1.165) is 16.2 Å². The van der Waals surface area contributed by atoms with Crippen LogP contribution in [0.3, 0.4) is 0 Å². The minimum absolute atomic E-state index is 0.0680. The summed E-state index contributed by atoms with van der Waals surface area (Å²) in [6, 6.07) is 15.8. The van der Waals surface area contributed by atoms with E-state index >= 15 is 0 Å². The fourth-order valence-corrected chi connectivity index (χ4v) is 4.54. The third-order valence-electron chi connectivity index (χ3n) is 5.43. The number of hydrogen-bond acceptors (Lipinski definition) is 7. The predicted octanol–water partition coefficient (Wildman–Crippen LogP) is 4.23. The molecule has 2 aromatic heterocycles. The zero-order chi connectivity index (χ0) is 25.0.